The highest BCUT2D eigenvalue weighted by molar-refractivity contribution is 5.17. The second-order valence-electron chi connectivity index (χ2n) is 4.70. The van der Waals surface area contributed by atoms with Crippen molar-refractivity contribution in [3.8, 4) is 0 Å². The van der Waals surface area contributed by atoms with Gasteiger partial charge in [0.1, 0.15) is 0 Å². The maximum atomic E-state index is 3.44. The molecular formula is C16H22N2. The van der Waals surface area contributed by atoms with Crippen molar-refractivity contribution < 1.29 is 0 Å². The number of hydrogen-bond acceptors (Lipinski definition) is 1. The van der Waals surface area contributed by atoms with Gasteiger partial charge in [-0.05, 0) is 37.1 Å². The highest BCUT2D eigenvalue weighted by Crippen LogP contribution is 2.13. The summed E-state index contributed by atoms with van der Waals surface area (Å²) in [5.41, 5.74) is 2.76. The third kappa shape index (κ3) is 3.47. The van der Waals surface area contributed by atoms with Crippen molar-refractivity contribution >= 4 is 0 Å². The van der Waals surface area contributed by atoms with Gasteiger partial charge >= 0.3 is 0 Å². The van der Waals surface area contributed by atoms with Gasteiger partial charge in [0, 0.05) is 25.0 Å². The van der Waals surface area contributed by atoms with E-state index in [0.29, 0.717) is 6.04 Å². The molecule has 0 bridgehead atoms. The molecule has 0 saturated heterocycles. The van der Waals surface area contributed by atoms with Crippen molar-refractivity contribution in [3.63, 3.8) is 0 Å². The minimum Gasteiger partial charge on any atom is -0.354 e. The van der Waals surface area contributed by atoms with Crippen LogP contribution in [0.3, 0.4) is 0 Å². The number of nitrogens with zero attached hydrogens (tertiary/aromatic N) is 1. The van der Waals surface area contributed by atoms with E-state index in [1.54, 1.807) is 0 Å². The van der Waals surface area contributed by atoms with Crippen molar-refractivity contribution in [3.05, 3.63) is 59.9 Å². The number of rotatable bonds is 6. The molecule has 0 aliphatic carbocycles. The monoisotopic (exact) mass is 242 g/mol. The Bertz CT molecular complexity index is 459. The molecule has 2 aromatic rings. The zero-order chi connectivity index (χ0) is 12.8. The van der Waals surface area contributed by atoms with Crippen molar-refractivity contribution in [2.24, 2.45) is 0 Å². The van der Waals surface area contributed by atoms with Crippen molar-refractivity contribution in [1.29, 1.82) is 0 Å². The Morgan fingerprint density at radius 2 is 1.94 bits per heavy atom. The normalized spacial score (nSPS) is 12.6. The molecule has 18 heavy (non-hydrogen) atoms. The summed E-state index contributed by atoms with van der Waals surface area (Å²) in [6.07, 6.45) is 5.51. The van der Waals surface area contributed by atoms with E-state index in [4.69, 9.17) is 0 Å². The van der Waals surface area contributed by atoms with Gasteiger partial charge in [0.15, 0.2) is 0 Å². The Balaban J connectivity index is 1.91. The fourth-order valence-electron chi connectivity index (χ4n) is 2.18. The van der Waals surface area contributed by atoms with Gasteiger partial charge in [-0.3, -0.25) is 0 Å². The number of nitrogens with one attached hydrogen (secondary N) is 1. The molecule has 2 rings (SSSR count). The van der Waals surface area contributed by atoms with Crippen LogP contribution in [-0.2, 0) is 13.0 Å². The summed E-state index contributed by atoms with van der Waals surface area (Å²) in [6.45, 7) is 6.41. The van der Waals surface area contributed by atoms with Gasteiger partial charge in [0.05, 0.1) is 0 Å². The largest absolute Gasteiger partial charge is 0.354 e. The third-order valence-corrected chi connectivity index (χ3v) is 3.29. The summed E-state index contributed by atoms with van der Waals surface area (Å²) in [4.78, 5) is 0. The van der Waals surface area contributed by atoms with Crippen LogP contribution in [-0.4, -0.2) is 11.1 Å². The minimum atomic E-state index is 0.438. The van der Waals surface area contributed by atoms with Crippen LogP contribution in [0, 0.1) is 0 Å². The predicted octanol–water partition coefficient (Wildman–Crippen LogP) is 3.40. The standard InChI is InChI=1S/C16H22N2/c1-3-17-14(2)16-10-12-18(13-16)11-9-15-7-5-4-6-8-15/h4-8,10,12-14,17H,3,9,11H2,1-2H3. The minimum absolute atomic E-state index is 0.438. The SMILES string of the molecule is CCNC(C)c1ccn(CCc2ccccc2)c1. The van der Waals surface area contributed by atoms with Crippen LogP contribution in [0.1, 0.15) is 31.0 Å². The zero-order valence-corrected chi connectivity index (χ0v) is 11.3. The lowest BCUT2D eigenvalue weighted by molar-refractivity contribution is 0.594. The van der Waals surface area contributed by atoms with Crippen molar-refractivity contribution in [2.45, 2.75) is 32.9 Å². The maximum Gasteiger partial charge on any atom is 0.0306 e. The first kappa shape index (κ1) is 12.9. The van der Waals surface area contributed by atoms with E-state index in [0.717, 1.165) is 19.5 Å². The van der Waals surface area contributed by atoms with Crippen LogP contribution < -0.4 is 5.32 Å². The molecule has 96 valence electrons. The molecule has 2 heteroatoms. The van der Waals surface area contributed by atoms with Gasteiger partial charge in [0.2, 0.25) is 0 Å². The van der Waals surface area contributed by atoms with Gasteiger partial charge < -0.3 is 9.88 Å². The van der Waals surface area contributed by atoms with Crippen LogP contribution >= 0.6 is 0 Å². The van der Waals surface area contributed by atoms with E-state index in [2.05, 4.69) is 72.5 Å². The summed E-state index contributed by atoms with van der Waals surface area (Å²) >= 11 is 0. The van der Waals surface area contributed by atoms with Crippen LogP contribution in [0.25, 0.3) is 0 Å². The van der Waals surface area contributed by atoms with E-state index < -0.39 is 0 Å². The molecule has 0 saturated carbocycles. The molecular weight excluding hydrogens is 220 g/mol. The molecule has 0 radical (unpaired) electrons. The predicted molar refractivity (Wildman–Crippen MR) is 76.7 cm³/mol. The zero-order valence-electron chi connectivity index (χ0n) is 11.3. The first-order valence-electron chi connectivity index (χ1n) is 6.72. The van der Waals surface area contributed by atoms with Gasteiger partial charge in [-0.15, -0.1) is 0 Å². The second-order valence-corrected chi connectivity index (χ2v) is 4.70. The molecule has 2 nitrogen and oxygen atoms in total. The number of benzene rings is 1. The Kier molecular flexibility index (Phi) is 4.59. The second kappa shape index (κ2) is 6.41. The highest BCUT2D eigenvalue weighted by atomic mass is 15.0. The molecule has 1 atom stereocenters. The molecule has 1 aromatic heterocycles. The lowest BCUT2D eigenvalue weighted by Crippen LogP contribution is -2.17. The van der Waals surface area contributed by atoms with Crippen LogP contribution in [0.4, 0.5) is 0 Å². The van der Waals surface area contributed by atoms with E-state index >= 15 is 0 Å². The Hall–Kier alpha value is -1.54. The molecule has 1 heterocycles. The number of aryl methyl sites for hydroxylation is 2. The van der Waals surface area contributed by atoms with Crippen LogP contribution in [0.15, 0.2) is 48.8 Å². The summed E-state index contributed by atoms with van der Waals surface area (Å²) < 4.78 is 2.27. The number of hydrogen-bond donors (Lipinski definition) is 1. The Labute approximate surface area is 110 Å². The smallest absolute Gasteiger partial charge is 0.0306 e. The molecule has 0 amide bonds. The van der Waals surface area contributed by atoms with E-state index in [1.807, 2.05) is 0 Å². The lowest BCUT2D eigenvalue weighted by atomic mass is 10.1. The molecule has 0 aliphatic heterocycles. The average Bonchev–Trinajstić information content (AvgIpc) is 2.87. The summed E-state index contributed by atoms with van der Waals surface area (Å²) in [5, 5.41) is 3.44. The fourth-order valence-corrected chi connectivity index (χ4v) is 2.18. The summed E-state index contributed by atoms with van der Waals surface area (Å²) in [7, 11) is 0. The topological polar surface area (TPSA) is 17.0 Å². The average molecular weight is 242 g/mol. The molecule has 1 unspecified atom stereocenters. The van der Waals surface area contributed by atoms with Crippen molar-refractivity contribution in [2.75, 3.05) is 6.54 Å². The van der Waals surface area contributed by atoms with Gasteiger partial charge in [-0.2, -0.15) is 0 Å². The third-order valence-electron chi connectivity index (χ3n) is 3.29. The first-order chi connectivity index (χ1) is 8.79. The summed E-state index contributed by atoms with van der Waals surface area (Å²) in [6, 6.07) is 13.3. The Morgan fingerprint density at radius 3 is 2.67 bits per heavy atom. The summed E-state index contributed by atoms with van der Waals surface area (Å²) in [5.74, 6) is 0. The molecule has 1 N–H and O–H groups in total. The Morgan fingerprint density at radius 1 is 1.17 bits per heavy atom. The van der Waals surface area contributed by atoms with Crippen LogP contribution in [0.2, 0.25) is 0 Å². The molecule has 0 fully saturated rings. The van der Waals surface area contributed by atoms with E-state index in [9.17, 15) is 0 Å². The molecule has 1 aromatic carbocycles. The van der Waals surface area contributed by atoms with Gasteiger partial charge in [-0.25, -0.2) is 0 Å². The van der Waals surface area contributed by atoms with Gasteiger partial charge in [-0.1, -0.05) is 37.3 Å². The highest BCUT2D eigenvalue weighted by Gasteiger charge is 2.05. The number of aromatic nitrogens is 1. The van der Waals surface area contributed by atoms with Gasteiger partial charge in [0.25, 0.3) is 0 Å². The molecule has 0 aliphatic rings. The lowest BCUT2D eigenvalue weighted by Gasteiger charge is -2.09. The fraction of sp³-hybridized carbons (Fsp3) is 0.375. The molecule has 0 spiro atoms. The van der Waals surface area contributed by atoms with Crippen LogP contribution in [0.5, 0.6) is 0 Å². The van der Waals surface area contributed by atoms with E-state index in [1.165, 1.54) is 11.1 Å². The maximum absolute atomic E-state index is 3.44. The van der Waals surface area contributed by atoms with E-state index in [-0.39, 0.29) is 0 Å². The van der Waals surface area contributed by atoms with Crippen molar-refractivity contribution in [1.82, 2.24) is 9.88 Å². The quantitative estimate of drug-likeness (QED) is 0.821. The first-order valence-corrected chi connectivity index (χ1v) is 6.72.